The molecule has 2 amide bonds. The quantitative estimate of drug-likeness (QED) is 0.739. The van der Waals surface area contributed by atoms with Gasteiger partial charge in [-0.1, -0.05) is 26.8 Å². The van der Waals surface area contributed by atoms with E-state index in [1.165, 1.54) is 6.07 Å². The van der Waals surface area contributed by atoms with Gasteiger partial charge in [-0.05, 0) is 17.5 Å². The van der Waals surface area contributed by atoms with Gasteiger partial charge < -0.3 is 15.7 Å². The second-order valence-electron chi connectivity index (χ2n) is 5.65. The van der Waals surface area contributed by atoms with Gasteiger partial charge in [0.25, 0.3) is 0 Å². The van der Waals surface area contributed by atoms with E-state index in [9.17, 15) is 23.5 Å². The molecule has 0 heterocycles. The summed E-state index contributed by atoms with van der Waals surface area (Å²) in [6.07, 6.45) is -0.847. The molecule has 0 aromatic heterocycles. The van der Waals surface area contributed by atoms with Gasteiger partial charge in [0.05, 0.1) is 11.8 Å². The van der Waals surface area contributed by atoms with Crippen LogP contribution in [0.2, 0.25) is 0 Å². The fraction of sp³-hybridized carbons (Fsp3) is 0.429. The highest BCUT2D eigenvalue weighted by Crippen LogP contribution is 2.18. The molecule has 1 aromatic carbocycles. The molecule has 3 N–H and O–H groups in total. The summed E-state index contributed by atoms with van der Waals surface area (Å²) in [6.45, 7) is 5.19. The summed E-state index contributed by atoms with van der Waals surface area (Å²) in [5.74, 6) is -4.55. The first-order valence-corrected chi connectivity index (χ1v) is 6.34. The summed E-state index contributed by atoms with van der Waals surface area (Å²) in [5, 5.41) is 13.9. The lowest BCUT2D eigenvalue weighted by Crippen LogP contribution is -2.43. The van der Waals surface area contributed by atoms with Crippen LogP contribution in [0.4, 0.5) is 14.5 Å². The summed E-state index contributed by atoms with van der Waals surface area (Å²) in [7, 11) is 0. The molecule has 21 heavy (non-hydrogen) atoms. The lowest BCUT2D eigenvalue weighted by atomic mass is 9.89. The Labute approximate surface area is 121 Å². The van der Waals surface area contributed by atoms with Gasteiger partial charge in [-0.2, -0.15) is 0 Å². The number of anilines is 1. The monoisotopic (exact) mass is 300 g/mol. The van der Waals surface area contributed by atoms with Gasteiger partial charge >= 0.3 is 11.8 Å². The first-order chi connectivity index (χ1) is 9.62. The number of rotatable bonds is 3. The van der Waals surface area contributed by atoms with E-state index >= 15 is 0 Å². The number of hydrogen-bond acceptors (Lipinski definition) is 3. The molecule has 0 fully saturated rings. The SMILES string of the molecule is CC(C)(C)C(O)CNC(=O)C(=O)Nc1cccc(F)c1F. The average Bonchev–Trinajstić information content (AvgIpc) is 2.39. The highest BCUT2D eigenvalue weighted by atomic mass is 19.2. The van der Waals surface area contributed by atoms with Gasteiger partial charge in [0.1, 0.15) is 0 Å². The summed E-state index contributed by atoms with van der Waals surface area (Å²) in [6, 6.07) is 3.23. The molecule has 116 valence electrons. The van der Waals surface area contributed by atoms with Crippen LogP contribution < -0.4 is 10.6 Å². The Kier molecular flexibility index (Phi) is 5.37. The van der Waals surface area contributed by atoms with E-state index in [1.54, 1.807) is 20.8 Å². The minimum atomic E-state index is -1.24. The Morgan fingerprint density at radius 2 is 1.86 bits per heavy atom. The van der Waals surface area contributed by atoms with Gasteiger partial charge in [0.15, 0.2) is 11.6 Å². The molecule has 0 saturated carbocycles. The van der Waals surface area contributed by atoms with E-state index in [4.69, 9.17) is 0 Å². The molecule has 0 bridgehead atoms. The van der Waals surface area contributed by atoms with Crippen molar-refractivity contribution in [1.82, 2.24) is 5.32 Å². The Bertz CT molecular complexity index is 542. The van der Waals surface area contributed by atoms with E-state index in [1.807, 2.05) is 5.32 Å². The highest BCUT2D eigenvalue weighted by molar-refractivity contribution is 6.39. The Hall–Kier alpha value is -2.02. The zero-order chi connectivity index (χ0) is 16.2. The largest absolute Gasteiger partial charge is 0.391 e. The minimum absolute atomic E-state index is 0.124. The number of amides is 2. The van der Waals surface area contributed by atoms with Crippen molar-refractivity contribution in [1.29, 1.82) is 0 Å². The van der Waals surface area contributed by atoms with Crippen LogP contribution in [0.15, 0.2) is 18.2 Å². The third kappa shape index (κ3) is 4.78. The second-order valence-corrected chi connectivity index (χ2v) is 5.65. The maximum Gasteiger partial charge on any atom is 0.313 e. The number of nitrogens with one attached hydrogen (secondary N) is 2. The molecule has 0 aliphatic heterocycles. The van der Waals surface area contributed by atoms with E-state index < -0.39 is 40.7 Å². The van der Waals surface area contributed by atoms with Crippen LogP contribution in [0.3, 0.4) is 0 Å². The number of benzene rings is 1. The molecule has 1 rings (SSSR count). The summed E-state index contributed by atoms with van der Waals surface area (Å²) < 4.78 is 26.3. The van der Waals surface area contributed by atoms with Crippen molar-refractivity contribution in [2.75, 3.05) is 11.9 Å². The Balaban J connectivity index is 2.60. The van der Waals surface area contributed by atoms with Gasteiger partial charge in [-0.3, -0.25) is 9.59 Å². The molecular weight excluding hydrogens is 282 g/mol. The Morgan fingerprint density at radius 1 is 1.24 bits per heavy atom. The maximum atomic E-state index is 13.3. The number of aliphatic hydroxyl groups excluding tert-OH is 1. The first kappa shape index (κ1) is 17.0. The molecule has 0 aliphatic carbocycles. The van der Waals surface area contributed by atoms with Crippen LogP contribution in [0.5, 0.6) is 0 Å². The number of carbonyl (C=O) groups is 2. The van der Waals surface area contributed by atoms with E-state index in [0.717, 1.165) is 12.1 Å². The van der Waals surface area contributed by atoms with Crippen molar-refractivity contribution in [3.05, 3.63) is 29.8 Å². The molecule has 1 aromatic rings. The van der Waals surface area contributed by atoms with E-state index in [0.29, 0.717) is 0 Å². The van der Waals surface area contributed by atoms with Gasteiger partial charge in [0.2, 0.25) is 0 Å². The number of carbonyl (C=O) groups excluding carboxylic acids is 2. The van der Waals surface area contributed by atoms with Crippen molar-refractivity contribution in [2.24, 2.45) is 5.41 Å². The molecule has 7 heteroatoms. The predicted octanol–water partition coefficient (Wildman–Crippen LogP) is 1.43. The zero-order valence-corrected chi connectivity index (χ0v) is 12.0. The summed E-state index contributed by atoms with van der Waals surface area (Å²) in [5.41, 5.74) is -0.884. The molecule has 0 spiro atoms. The zero-order valence-electron chi connectivity index (χ0n) is 12.0. The van der Waals surface area contributed by atoms with Crippen molar-refractivity contribution in [3.8, 4) is 0 Å². The first-order valence-electron chi connectivity index (χ1n) is 6.34. The highest BCUT2D eigenvalue weighted by Gasteiger charge is 2.24. The number of aliphatic hydroxyl groups is 1. The van der Waals surface area contributed by atoms with Crippen LogP contribution in [0.25, 0.3) is 0 Å². The number of hydrogen-bond donors (Lipinski definition) is 3. The third-order valence-electron chi connectivity index (χ3n) is 2.86. The molecule has 0 saturated heterocycles. The molecule has 5 nitrogen and oxygen atoms in total. The van der Waals surface area contributed by atoms with Gasteiger partial charge in [-0.15, -0.1) is 0 Å². The molecule has 1 atom stereocenters. The van der Waals surface area contributed by atoms with Crippen molar-refractivity contribution >= 4 is 17.5 Å². The van der Waals surface area contributed by atoms with E-state index in [2.05, 4.69) is 5.32 Å². The van der Waals surface area contributed by atoms with Crippen LogP contribution >= 0.6 is 0 Å². The molecule has 0 aliphatic rings. The topological polar surface area (TPSA) is 78.4 Å². The molecule has 0 radical (unpaired) electrons. The van der Waals surface area contributed by atoms with Crippen molar-refractivity contribution in [2.45, 2.75) is 26.9 Å². The molecular formula is C14H18F2N2O3. The maximum absolute atomic E-state index is 13.3. The van der Waals surface area contributed by atoms with Gasteiger partial charge in [-0.25, -0.2) is 8.78 Å². The lowest BCUT2D eigenvalue weighted by Gasteiger charge is -2.25. The second kappa shape index (κ2) is 6.62. The Morgan fingerprint density at radius 3 is 2.43 bits per heavy atom. The third-order valence-corrected chi connectivity index (χ3v) is 2.86. The smallest absolute Gasteiger partial charge is 0.313 e. The summed E-state index contributed by atoms with van der Waals surface area (Å²) in [4.78, 5) is 23.1. The van der Waals surface area contributed by atoms with E-state index in [-0.39, 0.29) is 6.54 Å². The number of halogens is 2. The lowest BCUT2D eigenvalue weighted by molar-refractivity contribution is -0.136. The van der Waals surface area contributed by atoms with Crippen LogP contribution in [0, 0.1) is 17.0 Å². The summed E-state index contributed by atoms with van der Waals surface area (Å²) >= 11 is 0. The average molecular weight is 300 g/mol. The fourth-order valence-electron chi connectivity index (χ4n) is 1.36. The van der Waals surface area contributed by atoms with Crippen LogP contribution in [-0.2, 0) is 9.59 Å². The van der Waals surface area contributed by atoms with Crippen LogP contribution in [0.1, 0.15) is 20.8 Å². The normalized spacial score (nSPS) is 12.7. The fourth-order valence-corrected chi connectivity index (χ4v) is 1.36. The van der Waals surface area contributed by atoms with Crippen molar-refractivity contribution < 1.29 is 23.5 Å². The molecule has 1 unspecified atom stereocenters. The van der Waals surface area contributed by atoms with Gasteiger partial charge in [0, 0.05) is 6.54 Å². The predicted molar refractivity (Wildman–Crippen MR) is 73.5 cm³/mol. The van der Waals surface area contributed by atoms with Crippen molar-refractivity contribution in [3.63, 3.8) is 0 Å². The standard InChI is InChI=1S/C14H18F2N2O3/c1-14(2,3)10(19)7-17-12(20)13(21)18-9-6-4-5-8(15)11(9)16/h4-6,10,19H,7H2,1-3H3,(H,17,20)(H,18,21). The van der Waals surface area contributed by atoms with Crippen LogP contribution in [-0.4, -0.2) is 29.6 Å². The minimum Gasteiger partial charge on any atom is -0.391 e.